The van der Waals surface area contributed by atoms with Gasteiger partial charge in [0.2, 0.25) is 5.95 Å². The summed E-state index contributed by atoms with van der Waals surface area (Å²) in [6, 6.07) is 8.13. The van der Waals surface area contributed by atoms with Gasteiger partial charge in [-0.3, -0.25) is 9.89 Å². The first-order valence-electron chi connectivity index (χ1n) is 14.9. The van der Waals surface area contributed by atoms with Gasteiger partial charge in [-0.2, -0.15) is 10.1 Å². The second kappa shape index (κ2) is 11.8. The van der Waals surface area contributed by atoms with E-state index in [1.807, 2.05) is 49.9 Å². The van der Waals surface area contributed by atoms with Gasteiger partial charge in [-0.15, -0.1) is 0 Å². The van der Waals surface area contributed by atoms with Crippen molar-refractivity contribution in [1.29, 1.82) is 0 Å². The highest BCUT2D eigenvalue weighted by molar-refractivity contribution is 6.06. The molecule has 1 amide bonds. The predicted octanol–water partition coefficient (Wildman–Crippen LogP) is 4.36. The van der Waals surface area contributed by atoms with Gasteiger partial charge in [-0.05, 0) is 57.9 Å². The van der Waals surface area contributed by atoms with Crippen molar-refractivity contribution < 1.29 is 9.53 Å². The number of carbonyl (C=O) groups is 1. The van der Waals surface area contributed by atoms with Crippen LogP contribution in [-0.4, -0.2) is 75.4 Å². The number of nitrogens with one attached hydrogen (secondary N) is 3. The van der Waals surface area contributed by atoms with Gasteiger partial charge >= 0.3 is 0 Å². The van der Waals surface area contributed by atoms with Gasteiger partial charge in [0.15, 0.2) is 0 Å². The second-order valence-corrected chi connectivity index (χ2v) is 10.8. The third-order valence-electron chi connectivity index (χ3n) is 8.16. The number of aromatic amines is 1. The molecule has 1 aromatic carbocycles. The van der Waals surface area contributed by atoms with Gasteiger partial charge in [0, 0.05) is 61.6 Å². The topological polar surface area (TPSA) is 116 Å². The molecule has 4 aromatic rings. The van der Waals surface area contributed by atoms with Crippen molar-refractivity contribution >= 4 is 28.9 Å². The Balaban J connectivity index is 1.24. The number of aryl methyl sites for hydroxylation is 3. The molecular formula is C31H39N9O2. The van der Waals surface area contributed by atoms with E-state index in [1.165, 1.54) is 0 Å². The summed E-state index contributed by atoms with van der Waals surface area (Å²) in [5, 5.41) is 13.9. The minimum atomic E-state index is -0.132. The van der Waals surface area contributed by atoms with Gasteiger partial charge in [0.05, 0.1) is 34.9 Å². The van der Waals surface area contributed by atoms with E-state index in [4.69, 9.17) is 9.72 Å². The van der Waals surface area contributed by atoms with Gasteiger partial charge in [0.1, 0.15) is 11.6 Å². The van der Waals surface area contributed by atoms with Crippen LogP contribution in [0.2, 0.25) is 0 Å². The number of amides is 1. The Morgan fingerprint density at radius 1 is 1.07 bits per heavy atom. The van der Waals surface area contributed by atoms with Crippen LogP contribution in [0.15, 0.2) is 36.7 Å². The number of hydrogen-bond acceptors (Lipinski definition) is 8. The quantitative estimate of drug-likeness (QED) is 0.272. The summed E-state index contributed by atoms with van der Waals surface area (Å²) in [7, 11) is 2.16. The molecule has 1 fully saturated rings. The highest BCUT2D eigenvalue weighted by Crippen LogP contribution is 2.33. The van der Waals surface area contributed by atoms with E-state index in [0.717, 1.165) is 103 Å². The van der Waals surface area contributed by atoms with Crippen LogP contribution in [0.25, 0.3) is 5.82 Å². The Kier molecular flexibility index (Phi) is 7.84. The number of ether oxygens (including phenoxy) is 1. The maximum absolute atomic E-state index is 13.4. The maximum atomic E-state index is 13.4. The zero-order chi connectivity index (χ0) is 29.2. The molecule has 11 heteroatoms. The molecule has 11 nitrogen and oxygen atoms in total. The summed E-state index contributed by atoms with van der Waals surface area (Å²) < 4.78 is 8.04. The van der Waals surface area contributed by atoms with E-state index in [9.17, 15) is 4.79 Å². The van der Waals surface area contributed by atoms with Crippen LogP contribution in [0.1, 0.15) is 53.8 Å². The first-order chi connectivity index (χ1) is 20.5. The molecule has 2 aliphatic rings. The van der Waals surface area contributed by atoms with Crippen molar-refractivity contribution in [2.24, 2.45) is 0 Å². The Morgan fingerprint density at radius 3 is 2.67 bits per heavy atom. The number of hydrogen-bond donors (Lipinski definition) is 3. The fraction of sp³-hybridized carbons (Fsp3) is 0.419. The van der Waals surface area contributed by atoms with Crippen molar-refractivity contribution in [2.75, 3.05) is 55.4 Å². The third kappa shape index (κ3) is 5.32. The first-order valence-corrected chi connectivity index (χ1v) is 14.9. The number of likely N-dealkylation sites (N-methyl/N-ethyl adjacent to an activating group) is 1. The van der Waals surface area contributed by atoms with Gasteiger partial charge in [-0.25, -0.2) is 4.98 Å². The van der Waals surface area contributed by atoms with E-state index >= 15 is 0 Å². The molecule has 3 aromatic heterocycles. The summed E-state index contributed by atoms with van der Waals surface area (Å²) >= 11 is 0. The Bertz CT molecular complexity index is 1560. The van der Waals surface area contributed by atoms with Crippen LogP contribution >= 0.6 is 0 Å². The number of H-pyrrole nitrogens is 1. The molecule has 6 rings (SSSR count). The maximum Gasteiger partial charge on any atom is 0.257 e. The molecule has 0 unspecified atom stereocenters. The molecule has 3 N–H and O–H groups in total. The van der Waals surface area contributed by atoms with Gasteiger partial charge in [-0.1, -0.05) is 13.8 Å². The largest absolute Gasteiger partial charge is 0.492 e. The van der Waals surface area contributed by atoms with Gasteiger partial charge in [0.25, 0.3) is 5.91 Å². The van der Waals surface area contributed by atoms with Crippen molar-refractivity contribution in [2.45, 2.75) is 46.5 Å². The summed E-state index contributed by atoms with van der Waals surface area (Å²) in [5.74, 6) is 1.90. The molecule has 0 radical (unpaired) electrons. The Hall–Kier alpha value is -4.38. The summed E-state index contributed by atoms with van der Waals surface area (Å²) in [6.07, 6.45) is 6.79. The molecular weight excluding hydrogens is 530 g/mol. The second-order valence-electron chi connectivity index (χ2n) is 10.8. The third-order valence-corrected chi connectivity index (χ3v) is 8.16. The van der Waals surface area contributed by atoms with Crippen LogP contribution in [0.4, 0.5) is 23.0 Å². The number of fused-ring (bicyclic) bond motifs is 3. The minimum absolute atomic E-state index is 0.132. The molecule has 0 spiro atoms. The molecule has 0 aliphatic carbocycles. The van der Waals surface area contributed by atoms with Crippen LogP contribution < -0.4 is 20.3 Å². The number of carbonyl (C=O) groups excluding carboxylic acids is 1. The molecule has 42 heavy (non-hydrogen) atoms. The summed E-state index contributed by atoms with van der Waals surface area (Å²) in [4.78, 5) is 27.7. The van der Waals surface area contributed by atoms with E-state index < -0.39 is 0 Å². The van der Waals surface area contributed by atoms with Crippen LogP contribution in [0, 0.1) is 0 Å². The SMILES string of the molecule is CCOc1cc(N2CCN(C)CC2)ccc1Nc1ncc2c(n1)-n1ccc(C(=O)Nc3c(CC)n[nH]c3CC)c1CC2. The predicted molar refractivity (Wildman–Crippen MR) is 165 cm³/mol. The summed E-state index contributed by atoms with van der Waals surface area (Å²) in [5.41, 5.74) is 7.19. The number of rotatable bonds is 9. The van der Waals surface area contributed by atoms with Crippen LogP contribution in [0.5, 0.6) is 5.75 Å². The molecule has 0 bridgehead atoms. The first kappa shape index (κ1) is 27.8. The lowest BCUT2D eigenvalue weighted by Gasteiger charge is -2.34. The van der Waals surface area contributed by atoms with Crippen molar-refractivity contribution in [3.8, 4) is 11.6 Å². The van der Waals surface area contributed by atoms with E-state index in [2.05, 4.69) is 54.8 Å². The normalized spacial score (nSPS) is 14.8. The average molecular weight is 570 g/mol. The number of aromatic nitrogens is 5. The average Bonchev–Trinajstić information content (AvgIpc) is 3.62. The standard InChI is InChI=1S/C31H39N9O2/c1-5-23-28(24(6-2)37-36-23)34-30(41)22-12-13-40-26(22)11-8-20-19-32-31(35-29(20)40)33-25-10-9-21(18-27(25)42-7-3)39-16-14-38(4)15-17-39/h9-10,12-13,18-19H,5-8,11,14-17H2,1-4H3,(H,34,41)(H,36,37)(H,32,33,35). The monoisotopic (exact) mass is 569 g/mol. The summed E-state index contributed by atoms with van der Waals surface area (Å²) in [6.45, 7) is 10.7. The minimum Gasteiger partial charge on any atom is -0.492 e. The van der Waals surface area contributed by atoms with E-state index in [-0.39, 0.29) is 5.91 Å². The molecule has 0 atom stereocenters. The fourth-order valence-electron chi connectivity index (χ4n) is 5.75. The highest BCUT2D eigenvalue weighted by atomic mass is 16.5. The molecule has 0 saturated carbocycles. The lowest BCUT2D eigenvalue weighted by atomic mass is 10.0. The molecule has 2 aliphatic heterocycles. The molecule has 5 heterocycles. The molecule has 1 saturated heterocycles. The van der Waals surface area contributed by atoms with Crippen molar-refractivity contribution in [3.05, 3.63) is 64.9 Å². The van der Waals surface area contributed by atoms with Crippen molar-refractivity contribution in [1.82, 2.24) is 29.6 Å². The van der Waals surface area contributed by atoms with Crippen LogP contribution in [-0.2, 0) is 25.7 Å². The van der Waals surface area contributed by atoms with E-state index in [0.29, 0.717) is 18.1 Å². The van der Waals surface area contributed by atoms with Gasteiger partial charge < -0.3 is 29.7 Å². The zero-order valence-corrected chi connectivity index (χ0v) is 24.8. The van der Waals surface area contributed by atoms with E-state index in [1.54, 1.807) is 0 Å². The lowest BCUT2D eigenvalue weighted by Crippen LogP contribution is -2.44. The lowest BCUT2D eigenvalue weighted by molar-refractivity contribution is 0.102. The highest BCUT2D eigenvalue weighted by Gasteiger charge is 2.25. The zero-order valence-electron chi connectivity index (χ0n) is 24.8. The number of anilines is 4. The smallest absolute Gasteiger partial charge is 0.257 e. The Labute approximate surface area is 246 Å². The van der Waals surface area contributed by atoms with Crippen LogP contribution in [0.3, 0.4) is 0 Å². The number of nitrogens with zero attached hydrogens (tertiary/aromatic N) is 6. The fourth-order valence-corrected chi connectivity index (χ4v) is 5.75. The van der Waals surface area contributed by atoms with Crippen molar-refractivity contribution in [3.63, 3.8) is 0 Å². The number of piperazine rings is 1. The number of benzene rings is 1. The Morgan fingerprint density at radius 2 is 1.90 bits per heavy atom. The molecule has 220 valence electrons.